The number of methoxy groups -OCH3 is 2. The molecular weight excluding hydrogens is 675 g/mol. The number of anilines is 4. The van der Waals surface area contributed by atoms with Gasteiger partial charge in [0.1, 0.15) is 34.7 Å². The van der Waals surface area contributed by atoms with Gasteiger partial charge in [0, 0.05) is 50.3 Å². The Balaban J connectivity index is 1.65. The fourth-order valence-electron chi connectivity index (χ4n) is 5.72. The van der Waals surface area contributed by atoms with Crippen LogP contribution in [0.4, 0.5) is 42.1 Å². The maximum atomic E-state index is 15.7. The summed E-state index contributed by atoms with van der Waals surface area (Å²) < 4.78 is 51.5. The van der Waals surface area contributed by atoms with Gasteiger partial charge in [0.05, 0.1) is 36.3 Å². The van der Waals surface area contributed by atoms with Crippen LogP contribution in [0, 0.1) is 15.9 Å². The first-order chi connectivity index (χ1) is 23.6. The van der Waals surface area contributed by atoms with Crippen LogP contribution in [-0.2, 0) is 4.74 Å². The number of ketones is 1. The highest BCUT2D eigenvalue weighted by Gasteiger charge is 2.34. The minimum atomic E-state index is -0.974. The van der Waals surface area contributed by atoms with Crippen molar-refractivity contribution in [2.45, 2.75) is 45.4 Å². The molecule has 1 atom stereocenters. The lowest BCUT2D eigenvalue weighted by molar-refractivity contribution is -0.384. The van der Waals surface area contributed by atoms with Crippen LogP contribution < -0.4 is 29.5 Å². The predicted octanol–water partition coefficient (Wildman–Crippen LogP) is 6.70. The molecule has 2 aromatic carbocycles. The van der Waals surface area contributed by atoms with Crippen LogP contribution in [0.2, 0.25) is 0 Å². The number of furan rings is 1. The summed E-state index contributed by atoms with van der Waals surface area (Å²) in [6.07, 6.45) is 0.246. The molecule has 0 radical (unpaired) electrons. The minimum Gasteiger partial charge on any atom is -0.496 e. The monoisotopic (exact) mass is 713 g/mol. The number of halogens is 2. The molecule has 2 aromatic heterocycles. The van der Waals surface area contributed by atoms with Crippen LogP contribution in [0.15, 0.2) is 40.9 Å². The van der Waals surface area contributed by atoms with E-state index < -0.39 is 45.7 Å². The van der Waals surface area contributed by atoms with Crippen molar-refractivity contribution in [1.29, 1.82) is 0 Å². The average molecular weight is 714 g/mol. The van der Waals surface area contributed by atoms with Crippen LogP contribution in [0.25, 0.3) is 11.0 Å². The Morgan fingerprint density at radius 1 is 1.10 bits per heavy atom. The van der Waals surface area contributed by atoms with Crippen molar-refractivity contribution >= 4 is 66.0 Å². The molecule has 0 N–H and O–H groups in total. The van der Waals surface area contributed by atoms with E-state index in [1.807, 2.05) is 4.90 Å². The van der Waals surface area contributed by atoms with E-state index in [1.54, 1.807) is 40.0 Å². The molecule has 0 aliphatic carbocycles. The molecule has 266 valence electrons. The molecule has 50 heavy (non-hydrogen) atoms. The zero-order valence-corrected chi connectivity index (χ0v) is 29.9. The highest BCUT2D eigenvalue weighted by molar-refractivity contribution is 7.28. The van der Waals surface area contributed by atoms with Gasteiger partial charge < -0.3 is 28.4 Å². The van der Waals surface area contributed by atoms with Gasteiger partial charge >= 0.3 is 6.09 Å². The zero-order chi connectivity index (χ0) is 36.7. The second kappa shape index (κ2) is 14.1. The van der Waals surface area contributed by atoms with E-state index in [4.69, 9.17) is 18.6 Å². The van der Waals surface area contributed by atoms with Crippen molar-refractivity contribution in [3.63, 3.8) is 0 Å². The van der Waals surface area contributed by atoms with Crippen molar-refractivity contribution < 1.29 is 41.9 Å². The number of hydrogen-bond acceptors (Lipinski definition) is 11. The Labute approximate surface area is 289 Å². The fraction of sp³-hybridized carbons (Fsp3) is 0.382. The molecule has 1 aliphatic rings. The number of benzene rings is 2. The molecule has 0 spiro atoms. The second-order valence-corrected chi connectivity index (χ2v) is 13.3. The van der Waals surface area contributed by atoms with E-state index in [0.717, 1.165) is 4.90 Å². The van der Waals surface area contributed by atoms with Gasteiger partial charge in [0.2, 0.25) is 5.78 Å². The van der Waals surface area contributed by atoms with Gasteiger partial charge in [-0.3, -0.25) is 19.8 Å². The molecule has 1 amide bonds. The molecule has 1 unspecified atom stereocenters. The van der Waals surface area contributed by atoms with E-state index in [1.165, 1.54) is 50.6 Å². The summed E-state index contributed by atoms with van der Waals surface area (Å²) in [5, 5.41) is 12.6. The third-order valence-corrected chi connectivity index (χ3v) is 8.87. The lowest BCUT2D eigenvalue weighted by Gasteiger charge is -2.31. The highest BCUT2D eigenvalue weighted by Crippen LogP contribution is 2.41. The quantitative estimate of drug-likeness (QED) is 0.0792. The molecule has 3 heterocycles. The number of piperidine rings is 1. The Hall–Kier alpha value is -5.04. The number of aromatic nitrogens is 1. The Morgan fingerprint density at radius 2 is 1.76 bits per heavy atom. The number of amides is 1. The SMILES string of the molecule is COc1cc(OC)c(P)c(C(=O)c2oc3cnc(N(C)c4ccc(N5CCC(F)CC5)cc4[N+](=O)[O-])cc3c2N(C)C(=O)OC(C)(C)C)c1F. The number of nitro groups is 1. The number of hydrogen-bond donors (Lipinski definition) is 0. The lowest BCUT2D eigenvalue weighted by atomic mass is 10.0. The summed E-state index contributed by atoms with van der Waals surface area (Å²) in [5.74, 6) is -2.20. The third-order valence-electron chi connectivity index (χ3n) is 8.29. The molecule has 4 aromatic rings. The molecular formula is C34H38F2N5O8P. The molecule has 16 heteroatoms. The number of ether oxygens (including phenoxy) is 3. The topological polar surface area (TPSA) is 141 Å². The van der Waals surface area contributed by atoms with Crippen LogP contribution in [0.5, 0.6) is 11.5 Å². The number of carbonyl (C=O) groups is 2. The Morgan fingerprint density at radius 3 is 2.36 bits per heavy atom. The number of nitrogens with zero attached hydrogens (tertiary/aromatic N) is 5. The number of nitro benzene ring substituents is 1. The molecule has 1 fully saturated rings. The molecule has 1 saturated heterocycles. The summed E-state index contributed by atoms with van der Waals surface area (Å²) in [6.45, 7) is 5.90. The van der Waals surface area contributed by atoms with Crippen LogP contribution >= 0.6 is 9.24 Å². The molecule has 13 nitrogen and oxygen atoms in total. The first-order valence-corrected chi connectivity index (χ1v) is 16.2. The van der Waals surface area contributed by atoms with Crippen molar-refractivity contribution in [2.75, 3.05) is 56.1 Å². The minimum absolute atomic E-state index is 0.0528. The second-order valence-electron chi connectivity index (χ2n) is 12.7. The van der Waals surface area contributed by atoms with Crippen molar-refractivity contribution in [3.05, 3.63) is 63.8 Å². The number of fused-ring (bicyclic) bond motifs is 1. The summed E-state index contributed by atoms with van der Waals surface area (Å²) in [6, 6.07) is 7.54. The van der Waals surface area contributed by atoms with Crippen LogP contribution in [-0.4, -0.2) is 75.0 Å². The van der Waals surface area contributed by atoms with E-state index in [-0.39, 0.29) is 50.7 Å². The Kier molecular flexibility index (Phi) is 10.2. The van der Waals surface area contributed by atoms with Gasteiger partial charge in [-0.15, -0.1) is 9.24 Å². The smallest absolute Gasteiger partial charge is 0.414 e. The number of rotatable bonds is 9. The normalized spacial score (nSPS) is 13.7. The maximum absolute atomic E-state index is 15.7. The highest BCUT2D eigenvalue weighted by atomic mass is 31.0. The van der Waals surface area contributed by atoms with Gasteiger partial charge in [0.15, 0.2) is 22.9 Å². The summed E-state index contributed by atoms with van der Waals surface area (Å²) in [4.78, 5) is 48.2. The van der Waals surface area contributed by atoms with E-state index in [2.05, 4.69) is 14.2 Å². The number of carbonyl (C=O) groups excluding carboxylic acids is 2. The predicted molar refractivity (Wildman–Crippen MR) is 188 cm³/mol. The summed E-state index contributed by atoms with van der Waals surface area (Å²) in [7, 11) is 7.83. The van der Waals surface area contributed by atoms with Gasteiger partial charge in [-0.25, -0.2) is 18.6 Å². The summed E-state index contributed by atoms with van der Waals surface area (Å²) >= 11 is 0. The van der Waals surface area contributed by atoms with Crippen molar-refractivity contribution in [2.24, 2.45) is 0 Å². The van der Waals surface area contributed by atoms with Crippen molar-refractivity contribution in [3.8, 4) is 11.5 Å². The zero-order valence-electron chi connectivity index (χ0n) is 28.7. The Bertz CT molecular complexity index is 1950. The van der Waals surface area contributed by atoms with Crippen molar-refractivity contribution in [1.82, 2.24) is 4.98 Å². The molecule has 5 rings (SSSR count). The van der Waals surface area contributed by atoms with Gasteiger partial charge in [-0.05, 0) is 51.8 Å². The first kappa shape index (κ1) is 36.2. The van der Waals surface area contributed by atoms with E-state index >= 15 is 4.39 Å². The average Bonchev–Trinajstić information content (AvgIpc) is 3.46. The number of alkyl halides is 1. The third kappa shape index (κ3) is 7.00. The largest absolute Gasteiger partial charge is 0.496 e. The van der Waals surface area contributed by atoms with Crippen LogP contribution in [0.3, 0.4) is 0 Å². The van der Waals surface area contributed by atoms with E-state index in [0.29, 0.717) is 31.6 Å². The summed E-state index contributed by atoms with van der Waals surface area (Å²) in [5.41, 5.74) is -0.737. The van der Waals surface area contributed by atoms with Gasteiger partial charge in [0.25, 0.3) is 5.69 Å². The van der Waals surface area contributed by atoms with Gasteiger partial charge in [-0.2, -0.15) is 0 Å². The lowest BCUT2D eigenvalue weighted by Crippen LogP contribution is -2.35. The van der Waals surface area contributed by atoms with Crippen LogP contribution in [0.1, 0.15) is 49.7 Å². The number of pyridine rings is 1. The fourth-order valence-corrected chi connectivity index (χ4v) is 6.18. The van der Waals surface area contributed by atoms with Gasteiger partial charge in [-0.1, -0.05) is 0 Å². The molecule has 0 bridgehead atoms. The standard InChI is InChI=1S/C34H38F2N5O8P/c1-34(2,3)49-33(43)39(5)29-20-15-26(38(4)21-9-8-19(14-22(21)41(44)45)40-12-10-18(35)11-13-40)37-17-25(20)48-31(29)30(42)27-28(36)23(46-6)16-24(47-7)32(27)50/h8-9,14-18H,10-13,50H2,1-7H3. The maximum Gasteiger partial charge on any atom is 0.414 e. The van der Waals surface area contributed by atoms with E-state index in [9.17, 15) is 24.1 Å². The first-order valence-electron chi connectivity index (χ1n) is 15.6. The molecule has 1 aliphatic heterocycles. The molecule has 0 saturated carbocycles.